The quantitative estimate of drug-likeness (QED) is 0.106. The van der Waals surface area contributed by atoms with Gasteiger partial charge in [-0.05, 0) is 54.6 Å². The molecule has 2 rings (SSSR count). The van der Waals surface area contributed by atoms with Crippen LogP contribution in [0.1, 0.15) is 36.0 Å². The van der Waals surface area contributed by atoms with Crippen LogP contribution in [0.3, 0.4) is 0 Å². The summed E-state index contributed by atoms with van der Waals surface area (Å²) in [6.07, 6.45) is -10.1. The molecule has 0 aromatic heterocycles. The molecule has 0 aliphatic heterocycles. The maximum absolute atomic E-state index is 13.4. The zero-order valence-electron chi connectivity index (χ0n) is 24.0. The Morgan fingerprint density at radius 1 is 0.844 bits per heavy atom. The maximum Gasteiger partial charge on any atom is 0.488 e. The van der Waals surface area contributed by atoms with Crippen LogP contribution in [0.5, 0.6) is 0 Å². The van der Waals surface area contributed by atoms with Gasteiger partial charge in [0, 0.05) is 38.3 Å². The van der Waals surface area contributed by atoms with E-state index in [1.807, 2.05) is 0 Å². The highest BCUT2D eigenvalue weighted by Gasteiger charge is 2.33. The van der Waals surface area contributed by atoms with Gasteiger partial charge in [-0.2, -0.15) is 26.3 Å². The highest BCUT2D eigenvalue weighted by atomic mass is 19.4. The summed E-state index contributed by atoms with van der Waals surface area (Å²) in [5, 5.41) is 23.4. The SMILES string of the molecule is NCCN(CCN)C(=O)CC[C@H](N)C(=O)N[C@H](CCc1ccc(C(F)(F)F)cc1)C(=O)Nc1cc(B(O)O)cc(C(F)(F)F)c1. The average Bonchev–Trinajstić information content (AvgIpc) is 2.96. The predicted octanol–water partition coefficient (Wildman–Crippen LogP) is 0.314. The summed E-state index contributed by atoms with van der Waals surface area (Å²) in [5.41, 5.74) is 14.1. The Kier molecular flexibility index (Phi) is 13.8. The molecular weight excluding hydrogens is 613 g/mol. The van der Waals surface area contributed by atoms with E-state index in [0.29, 0.717) is 17.7 Å². The van der Waals surface area contributed by atoms with Crippen molar-refractivity contribution >= 4 is 36.0 Å². The molecule has 0 spiro atoms. The van der Waals surface area contributed by atoms with Crippen LogP contribution in [0.25, 0.3) is 0 Å². The highest BCUT2D eigenvalue weighted by molar-refractivity contribution is 6.58. The summed E-state index contributed by atoms with van der Waals surface area (Å²) in [6, 6.07) is 3.18. The number of aryl methyl sites for hydroxylation is 1. The number of nitrogens with two attached hydrogens (primary N) is 3. The molecule has 0 saturated carbocycles. The van der Waals surface area contributed by atoms with Crippen LogP contribution in [0.2, 0.25) is 0 Å². The largest absolute Gasteiger partial charge is 0.488 e. The third-order valence-electron chi connectivity index (χ3n) is 6.64. The van der Waals surface area contributed by atoms with Crippen LogP contribution in [-0.4, -0.2) is 78.1 Å². The molecule has 0 aliphatic rings. The molecule has 2 atom stereocenters. The summed E-state index contributed by atoms with van der Waals surface area (Å²) in [5.74, 6) is -2.26. The first-order chi connectivity index (χ1) is 21.0. The normalized spacial score (nSPS) is 13.1. The number of amides is 3. The van der Waals surface area contributed by atoms with Gasteiger partial charge in [0.2, 0.25) is 17.7 Å². The molecule has 0 radical (unpaired) electrons. The molecule has 0 unspecified atom stereocenters. The summed E-state index contributed by atoms with van der Waals surface area (Å²) in [4.78, 5) is 40.0. The number of rotatable bonds is 15. The number of benzene rings is 2. The van der Waals surface area contributed by atoms with Crippen molar-refractivity contribution in [1.82, 2.24) is 10.2 Å². The van der Waals surface area contributed by atoms with E-state index >= 15 is 0 Å². The summed E-state index contributed by atoms with van der Waals surface area (Å²) < 4.78 is 79.0. The van der Waals surface area contributed by atoms with Crippen molar-refractivity contribution in [2.75, 3.05) is 31.5 Å². The van der Waals surface area contributed by atoms with Gasteiger partial charge < -0.3 is 42.8 Å². The first kappa shape index (κ1) is 37.5. The second kappa shape index (κ2) is 16.6. The molecule has 2 aromatic rings. The number of nitrogens with one attached hydrogen (secondary N) is 2. The van der Waals surface area contributed by atoms with Crippen molar-refractivity contribution in [3.63, 3.8) is 0 Å². The second-order valence-corrected chi connectivity index (χ2v) is 10.1. The van der Waals surface area contributed by atoms with Crippen LogP contribution in [0.15, 0.2) is 42.5 Å². The van der Waals surface area contributed by atoms with Crippen LogP contribution in [0, 0.1) is 0 Å². The topological polar surface area (TPSA) is 197 Å². The van der Waals surface area contributed by atoms with Crippen molar-refractivity contribution in [2.24, 2.45) is 17.2 Å². The number of carbonyl (C=O) groups excluding carboxylic acids is 3. The monoisotopic (exact) mass is 648 g/mol. The number of hydrogen-bond acceptors (Lipinski definition) is 8. The van der Waals surface area contributed by atoms with Crippen molar-refractivity contribution in [3.05, 3.63) is 59.2 Å². The lowest BCUT2D eigenvalue weighted by Crippen LogP contribution is -2.50. The van der Waals surface area contributed by atoms with E-state index in [0.717, 1.165) is 18.2 Å². The lowest BCUT2D eigenvalue weighted by atomic mass is 9.79. The Morgan fingerprint density at radius 3 is 1.93 bits per heavy atom. The summed E-state index contributed by atoms with van der Waals surface area (Å²) in [7, 11) is -2.30. The Morgan fingerprint density at radius 2 is 1.42 bits per heavy atom. The van der Waals surface area contributed by atoms with E-state index in [2.05, 4.69) is 10.6 Å². The Hall–Kier alpha value is -3.71. The molecule has 10 N–H and O–H groups in total. The molecule has 11 nitrogen and oxygen atoms in total. The zero-order valence-corrected chi connectivity index (χ0v) is 24.0. The van der Waals surface area contributed by atoms with E-state index in [1.165, 1.54) is 17.0 Å². The highest BCUT2D eigenvalue weighted by Crippen LogP contribution is 2.31. The molecule has 0 aliphatic carbocycles. The van der Waals surface area contributed by atoms with Gasteiger partial charge in [0.05, 0.1) is 17.2 Å². The fourth-order valence-electron chi connectivity index (χ4n) is 4.23. The molecule has 0 bridgehead atoms. The van der Waals surface area contributed by atoms with Crippen LogP contribution < -0.4 is 33.3 Å². The smallest absolute Gasteiger partial charge is 0.423 e. The minimum Gasteiger partial charge on any atom is -0.423 e. The van der Waals surface area contributed by atoms with Crippen molar-refractivity contribution in [1.29, 1.82) is 0 Å². The first-order valence-corrected chi connectivity index (χ1v) is 13.8. The molecule has 3 amide bonds. The Labute approximate surface area is 255 Å². The average molecular weight is 648 g/mol. The minimum absolute atomic E-state index is 0.0411. The standard InChI is InChI=1S/C27H35BF6N6O5/c29-26(30,31)17-4-1-16(2-5-17)3-7-22(39-24(42)21(37)6-8-23(41)40(11-9-35)12-10-36)25(43)38-20-14-18(27(32,33)34)13-19(15-20)28(44)45/h1-2,4-5,13-15,21-22,44-45H,3,6-12,35-37H2,(H,38,43)(H,39,42)/t21-,22+/m0/s1. The zero-order chi connectivity index (χ0) is 33.9. The number of anilines is 1. The number of hydrogen-bond donors (Lipinski definition) is 7. The van der Waals surface area contributed by atoms with Gasteiger partial charge in [0.25, 0.3) is 0 Å². The fraction of sp³-hybridized carbons (Fsp3) is 0.444. The van der Waals surface area contributed by atoms with Gasteiger partial charge in [-0.3, -0.25) is 14.4 Å². The van der Waals surface area contributed by atoms with Crippen molar-refractivity contribution < 1.29 is 50.8 Å². The van der Waals surface area contributed by atoms with Crippen LogP contribution in [-0.2, 0) is 33.2 Å². The predicted molar refractivity (Wildman–Crippen MR) is 153 cm³/mol. The van der Waals surface area contributed by atoms with Crippen LogP contribution >= 0.6 is 0 Å². The fourth-order valence-corrected chi connectivity index (χ4v) is 4.23. The molecular formula is C27H35BF6N6O5. The summed E-state index contributed by atoms with van der Waals surface area (Å²) in [6.45, 7) is 0.819. The Bertz CT molecular complexity index is 1290. The molecule has 2 aromatic carbocycles. The van der Waals surface area contributed by atoms with E-state index in [-0.39, 0.29) is 57.8 Å². The van der Waals surface area contributed by atoms with Gasteiger partial charge in [0.15, 0.2) is 0 Å². The van der Waals surface area contributed by atoms with Crippen molar-refractivity contribution in [3.8, 4) is 0 Å². The number of alkyl halides is 6. The molecule has 0 fully saturated rings. The maximum atomic E-state index is 13.4. The second-order valence-electron chi connectivity index (χ2n) is 10.1. The third-order valence-corrected chi connectivity index (χ3v) is 6.64. The van der Waals surface area contributed by atoms with Crippen LogP contribution in [0.4, 0.5) is 32.0 Å². The lowest BCUT2D eigenvalue weighted by Gasteiger charge is -2.23. The summed E-state index contributed by atoms with van der Waals surface area (Å²) >= 11 is 0. The van der Waals surface area contributed by atoms with Gasteiger partial charge in [-0.25, -0.2) is 0 Å². The minimum atomic E-state index is -4.91. The molecule has 0 saturated heterocycles. The van der Waals surface area contributed by atoms with Gasteiger partial charge in [-0.15, -0.1) is 0 Å². The lowest BCUT2D eigenvalue weighted by molar-refractivity contribution is -0.138. The first-order valence-electron chi connectivity index (χ1n) is 13.8. The van der Waals surface area contributed by atoms with Gasteiger partial charge >= 0.3 is 19.5 Å². The van der Waals surface area contributed by atoms with E-state index in [1.54, 1.807) is 0 Å². The van der Waals surface area contributed by atoms with E-state index in [9.17, 15) is 50.8 Å². The number of halogens is 6. The van der Waals surface area contributed by atoms with E-state index in [4.69, 9.17) is 17.2 Å². The molecule has 18 heteroatoms. The molecule has 248 valence electrons. The Balaban J connectivity index is 2.25. The number of nitrogens with zero attached hydrogens (tertiary/aromatic N) is 1. The van der Waals surface area contributed by atoms with Gasteiger partial charge in [0.1, 0.15) is 6.04 Å². The third kappa shape index (κ3) is 12.0. The molecule has 0 heterocycles. The van der Waals surface area contributed by atoms with E-state index < -0.39 is 65.6 Å². The molecule has 45 heavy (non-hydrogen) atoms. The number of carbonyl (C=O) groups is 3. The van der Waals surface area contributed by atoms with Gasteiger partial charge in [-0.1, -0.05) is 18.2 Å². The van der Waals surface area contributed by atoms with Crippen molar-refractivity contribution in [2.45, 2.75) is 50.1 Å².